The van der Waals surface area contributed by atoms with Crippen LogP contribution in [0.1, 0.15) is 23.7 Å². The van der Waals surface area contributed by atoms with Crippen LogP contribution in [0.5, 0.6) is 5.75 Å². The Hall–Kier alpha value is -1.91. The van der Waals surface area contributed by atoms with Crippen LogP contribution < -0.4 is 10.5 Å². The third kappa shape index (κ3) is 4.28. The van der Waals surface area contributed by atoms with Gasteiger partial charge in [0.15, 0.2) is 0 Å². The lowest BCUT2D eigenvalue weighted by molar-refractivity contribution is 0.263. The molecule has 0 spiro atoms. The first-order chi connectivity index (χ1) is 10.3. The molecule has 0 bridgehead atoms. The Morgan fingerprint density at radius 2 is 2.05 bits per heavy atom. The van der Waals surface area contributed by atoms with Crippen LogP contribution in [-0.4, -0.2) is 23.5 Å². The number of methoxy groups -OCH3 is 1. The van der Waals surface area contributed by atoms with E-state index in [2.05, 4.69) is 28.9 Å². The van der Waals surface area contributed by atoms with Gasteiger partial charge in [-0.15, -0.1) is 0 Å². The summed E-state index contributed by atoms with van der Waals surface area (Å²) in [6.07, 6.45) is 1.83. The van der Waals surface area contributed by atoms with Gasteiger partial charge in [0.25, 0.3) is 0 Å². The molecule has 0 saturated heterocycles. The Morgan fingerprint density at radius 3 is 2.67 bits per heavy atom. The van der Waals surface area contributed by atoms with Crippen LogP contribution in [0.2, 0.25) is 0 Å². The standard InChI is InChI=1S/C17H23N3O/c1-3-20(13-16-6-4-5-9-19-16)12-15-10-14(11-18)7-8-17(15)21-2/h4-10H,3,11-13,18H2,1-2H3. The first-order valence-corrected chi connectivity index (χ1v) is 7.25. The zero-order valence-electron chi connectivity index (χ0n) is 12.7. The summed E-state index contributed by atoms with van der Waals surface area (Å²) in [6.45, 7) is 5.30. The van der Waals surface area contributed by atoms with Gasteiger partial charge in [-0.1, -0.05) is 19.1 Å². The molecule has 1 heterocycles. The molecule has 0 aliphatic carbocycles. The third-order valence-electron chi connectivity index (χ3n) is 3.53. The summed E-state index contributed by atoms with van der Waals surface area (Å²) in [4.78, 5) is 6.73. The molecule has 1 aromatic carbocycles. The number of benzene rings is 1. The molecular formula is C17H23N3O. The molecule has 2 N–H and O–H groups in total. The highest BCUT2D eigenvalue weighted by atomic mass is 16.5. The van der Waals surface area contributed by atoms with E-state index in [0.717, 1.165) is 36.6 Å². The van der Waals surface area contributed by atoms with Crippen molar-refractivity contribution in [2.75, 3.05) is 13.7 Å². The van der Waals surface area contributed by atoms with Crippen molar-refractivity contribution in [3.8, 4) is 5.75 Å². The number of nitrogens with two attached hydrogens (primary N) is 1. The maximum absolute atomic E-state index is 5.73. The molecule has 0 fully saturated rings. The minimum absolute atomic E-state index is 0.545. The highest BCUT2D eigenvalue weighted by Crippen LogP contribution is 2.22. The van der Waals surface area contributed by atoms with E-state index in [9.17, 15) is 0 Å². The van der Waals surface area contributed by atoms with Crippen molar-refractivity contribution in [1.82, 2.24) is 9.88 Å². The second kappa shape index (κ2) is 7.76. The van der Waals surface area contributed by atoms with Gasteiger partial charge in [-0.3, -0.25) is 9.88 Å². The monoisotopic (exact) mass is 285 g/mol. The van der Waals surface area contributed by atoms with Crippen LogP contribution >= 0.6 is 0 Å². The zero-order valence-corrected chi connectivity index (χ0v) is 12.7. The van der Waals surface area contributed by atoms with Gasteiger partial charge >= 0.3 is 0 Å². The van der Waals surface area contributed by atoms with E-state index in [1.807, 2.05) is 30.5 Å². The quantitative estimate of drug-likeness (QED) is 0.849. The molecule has 2 aromatic rings. The van der Waals surface area contributed by atoms with Crippen LogP contribution in [-0.2, 0) is 19.6 Å². The molecule has 0 aliphatic heterocycles. The fraction of sp³-hybridized carbons (Fsp3) is 0.353. The number of hydrogen-bond donors (Lipinski definition) is 1. The summed E-state index contributed by atoms with van der Waals surface area (Å²) in [5, 5.41) is 0. The molecule has 4 heteroatoms. The predicted octanol–water partition coefficient (Wildman–Crippen LogP) is 2.57. The Kier molecular flexibility index (Phi) is 5.72. The molecule has 21 heavy (non-hydrogen) atoms. The smallest absolute Gasteiger partial charge is 0.123 e. The average Bonchev–Trinajstić information content (AvgIpc) is 2.55. The molecule has 0 atom stereocenters. The Labute approximate surface area is 126 Å². The maximum Gasteiger partial charge on any atom is 0.123 e. The number of hydrogen-bond acceptors (Lipinski definition) is 4. The molecule has 0 unspecified atom stereocenters. The number of aromatic nitrogens is 1. The molecular weight excluding hydrogens is 262 g/mol. The molecule has 112 valence electrons. The second-order valence-electron chi connectivity index (χ2n) is 4.97. The van der Waals surface area contributed by atoms with Crippen molar-refractivity contribution in [2.45, 2.75) is 26.6 Å². The van der Waals surface area contributed by atoms with Crippen LogP contribution in [0, 0.1) is 0 Å². The van der Waals surface area contributed by atoms with Crippen LogP contribution in [0.25, 0.3) is 0 Å². The highest BCUT2D eigenvalue weighted by Gasteiger charge is 2.10. The first kappa shape index (κ1) is 15.5. The van der Waals surface area contributed by atoms with Gasteiger partial charge in [0.05, 0.1) is 12.8 Å². The fourth-order valence-corrected chi connectivity index (χ4v) is 2.32. The number of rotatable bonds is 7. The van der Waals surface area contributed by atoms with E-state index < -0.39 is 0 Å². The number of pyridine rings is 1. The topological polar surface area (TPSA) is 51.4 Å². The van der Waals surface area contributed by atoms with Gasteiger partial charge in [-0.2, -0.15) is 0 Å². The lowest BCUT2D eigenvalue weighted by atomic mass is 10.1. The normalized spacial score (nSPS) is 10.9. The van der Waals surface area contributed by atoms with Crippen molar-refractivity contribution in [3.05, 3.63) is 59.4 Å². The third-order valence-corrected chi connectivity index (χ3v) is 3.53. The van der Waals surface area contributed by atoms with Crippen LogP contribution in [0.3, 0.4) is 0 Å². The van der Waals surface area contributed by atoms with Crippen molar-refractivity contribution < 1.29 is 4.74 Å². The van der Waals surface area contributed by atoms with E-state index in [4.69, 9.17) is 10.5 Å². The Balaban J connectivity index is 2.14. The first-order valence-electron chi connectivity index (χ1n) is 7.25. The summed E-state index contributed by atoms with van der Waals surface area (Å²) >= 11 is 0. The molecule has 1 aromatic heterocycles. The number of nitrogens with zero attached hydrogens (tertiary/aromatic N) is 2. The van der Waals surface area contributed by atoms with E-state index in [-0.39, 0.29) is 0 Å². The SMILES string of the molecule is CCN(Cc1ccccn1)Cc1cc(CN)ccc1OC. The van der Waals surface area contributed by atoms with E-state index in [1.54, 1.807) is 7.11 Å². The molecule has 0 radical (unpaired) electrons. The lowest BCUT2D eigenvalue weighted by Gasteiger charge is -2.21. The van der Waals surface area contributed by atoms with Gasteiger partial charge in [0.1, 0.15) is 5.75 Å². The van der Waals surface area contributed by atoms with Gasteiger partial charge in [0.2, 0.25) is 0 Å². The minimum atomic E-state index is 0.545. The number of ether oxygens (including phenoxy) is 1. The Bertz CT molecular complexity index is 557. The van der Waals surface area contributed by atoms with Gasteiger partial charge in [-0.05, 0) is 36.4 Å². The van der Waals surface area contributed by atoms with Gasteiger partial charge in [0, 0.05) is 31.4 Å². The molecule has 0 amide bonds. The highest BCUT2D eigenvalue weighted by molar-refractivity contribution is 5.37. The molecule has 0 saturated carbocycles. The van der Waals surface area contributed by atoms with Crippen molar-refractivity contribution in [3.63, 3.8) is 0 Å². The summed E-state index contributed by atoms with van der Waals surface area (Å²) in [5.41, 5.74) is 9.10. The van der Waals surface area contributed by atoms with Gasteiger partial charge in [-0.25, -0.2) is 0 Å². The Morgan fingerprint density at radius 1 is 1.19 bits per heavy atom. The van der Waals surface area contributed by atoms with Crippen molar-refractivity contribution >= 4 is 0 Å². The summed E-state index contributed by atoms with van der Waals surface area (Å²) < 4.78 is 5.46. The van der Waals surface area contributed by atoms with E-state index in [1.165, 1.54) is 5.56 Å². The van der Waals surface area contributed by atoms with Crippen molar-refractivity contribution in [2.24, 2.45) is 5.73 Å². The fourth-order valence-electron chi connectivity index (χ4n) is 2.32. The summed E-state index contributed by atoms with van der Waals surface area (Å²) in [6, 6.07) is 12.1. The largest absolute Gasteiger partial charge is 0.496 e. The zero-order chi connectivity index (χ0) is 15.1. The second-order valence-corrected chi connectivity index (χ2v) is 4.97. The van der Waals surface area contributed by atoms with E-state index >= 15 is 0 Å². The molecule has 4 nitrogen and oxygen atoms in total. The predicted molar refractivity (Wildman–Crippen MR) is 84.9 cm³/mol. The molecule has 2 rings (SSSR count). The summed E-state index contributed by atoms with van der Waals surface area (Å²) in [5.74, 6) is 0.909. The van der Waals surface area contributed by atoms with E-state index in [0.29, 0.717) is 6.54 Å². The molecule has 0 aliphatic rings. The van der Waals surface area contributed by atoms with Crippen molar-refractivity contribution in [1.29, 1.82) is 0 Å². The maximum atomic E-state index is 5.73. The lowest BCUT2D eigenvalue weighted by Crippen LogP contribution is -2.23. The minimum Gasteiger partial charge on any atom is -0.496 e. The average molecular weight is 285 g/mol. The summed E-state index contributed by atoms with van der Waals surface area (Å²) in [7, 11) is 1.70. The van der Waals surface area contributed by atoms with Gasteiger partial charge < -0.3 is 10.5 Å². The van der Waals surface area contributed by atoms with Crippen LogP contribution in [0.4, 0.5) is 0 Å². The van der Waals surface area contributed by atoms with Crippen LogP contribution in [0.15, 0.2) is 42.6 Å².